The Bertz CT molecular complexity index is 592. The van der Waals surface area contributed by atoms with Crippen LogP contribution in [0.1, 0.15) is 32.8 Å². The van der Waals surface area contributed by atoms with Crippen LogP contribution in [0.25, 0.3) is 0 Å². The second-order valence-electron chi connectivity index (χ2n) is 5.89. The Balaban J connectivity index is 0.000000847. The maximum absolute atomic E-state index is 10.9. The van der Waals surface area contributed by atoms with E-state index in [1.54, 1.807) is 6.07 Å². The van der Waals surface area contributed by atoms with Gasteiger partial charge in [0.05, 0.1) is 0 Å². The Hall–Kier alpha value is -1.79. The van der Waals surface area contributed by atoms with E-state index in [1.807, 2.05) is 40.1 Å². The highest BCUT2D eigenvalue weighted by Crippen LogP contribution is 2.55. The molecule has 1 amide bonds. The molecule has 6 nitrogen and oxygen atoms in total. The molecule has 2 atom stereocenters. The maximum Gasteiger partial charge on any atom is 0.409 e. The van der Waals surface area contributed by atoms with E-state index in [0.717, 1.165) is 24.2 Å². The average Bonchev–Trinajstić information content (AvgIpc) is 2.82. The fourth-order valence-electron chi connectivity index (χ4n) is 3.74. The minimum Gasteiger partial charge on any atom is -0.410 e. The van der Waals surface area contributed by atoms with Gasteiger partial charge in [-0.25, -0.2) is 4.79 Å². The molecule has 0 aliphatic carbocycles. The molecule has 0 saturated carbocycles. The lowest BCUT2D eigenvalue weighted by atomic mass is 9.78. The monoisotopic (exact) mass is 306 g/mol. The molecular formula is C16H26N4O2. The summed E-state index contributed by atoms with van der Waals surface area (Å²) in [6, 6.07) is 5.55. The molecule has 3 rings (SSSR count). The quantitative estimate of drug-likeness (QED) is 0.827. The topological polar surface area (TPSA) is 84.8 Å². The van der Waals surface area contributed by atoms with Gasteiger partial charge in [-0.2, -0.15) is 0 Å². The summed E-state index contributed by atoms with van der Waals surface area (Å²) in [6.07, 6.45) is 0.154. The van der Waals surface area contributed by atoms with Crippen molar-refractivity contribution >= 4 is 11.8 Å². The number of ether oxygens (including phenoxy) is 1. The normalized spacial score (nSPS) is 29.5. The van der Waals surface area contributed by atoms with E-state index in [9.17, 15) is 4.79 Å². The minimum absolute atomic E-state index is 0.206. The van der Waals surface area contributed by atoms with Crippen LogP contribution in [0, 0.1) is 0 Å². The van der Waals surface area contributed by atoms with Gasteiger partial charge in [-0.15, -0.1) is 0 Å². The van der Waals surface area contributed by atoms with Crippen LogP contribution in [-0.2, 0) is 5.41 Å². The van der Waals surface area contributed by atoms with Gasteiger partial charge < -0.3 is 15.4 Å². The zero-order valence-electron chi connectivity index (χ0n) is 14.0. The third-order valence-electron chi connectivity index (χ3n) is 4.99. The SMILES string of the molecule is CC.CN1CCC2(C)c3cc(OC(N)=O)ccc3N(C)[C@@]12N. The van der Waals surface area contributed by atoms with Gasteiger partial charge >= 0.3 is 6.09 Å². The smallest absolute Gasteiger partial charge is 0.409 e. The van der Waals surface area contributed by atoms with E-state index in [4.69, 9.17) is 16.2 Å². The highest BCUT2D eigenvalue weighted by molar-refractivity contribution is 5.71. The number of primary amides is 1. The average molecular weight is 306 g/mol. The Labute approximate surface area is 132 Å². The summed E-state index contributed by atoms with van der Waals surface area (Å²) in [5.74, 6) is -0.0922. The van der Waals surface area contributed by atoms with Gasteiger partial charge in [-0.3, -0.25) is 10.6 Å². The Morgan fingerprint density at radius 3 is 2.55 bits per heavy atom. The number of carbonyl (C=O) groups is 1. The zero-order valence-corrected chi connectivity index (χ0v) is 14.0. The van der Waals surface area contributed by atoms with E-state index < -0.39 is 11.9 Å². The van der Waals surface area contributed by atoms with Crippen molar-refractivity contribution in [1.29, 1.82) is 0 Å². The predicted molar refractivity (Wildman–Crippen MR) is 87.9 cm³/mol. The van der Waals surface area contributed by atoms with E-state index in [-0.39, 0.29) is 5.41 Å². The van der Waals surface area contributed by atoms with Crippen LogP contribution in [0.3, 0.4) is 0 Å². The first-order chi connectivity index (χ1) is 10.3. The van der Waals surface area contributed by atoms with E-state index >= 15 is 0 Å². The molecule has 4 N–H and O–H groups in total. The first-order valence-corrected chi connectivity index (χ1v) is 7.66. The highest BCUT2D eigenvalue weighted by atomic mass is 16.5. The van der Waals surface area contributed by atoms with Crippen LogP contribution in [0.2, 0.25) is 0 Å². The lowest BCUT2D eigenvalue weighted by Gasteiger charge is -2.43. The molecule has 122 valence electrons. The molecule has 2 heterocycles. The number of likely N-dealkylation sites (N-methyl/N-ethyl adjacent to an activating group) is 2. The van der Waals surface area contributed by atoms with Crippen molar-refractivity contribution in [3.63, 3.8) is 0 Å². The standard InChI is InChI=1S/C14H20N4O2.C2H6/c1-13-6-7-17(2)14(13,16)18(3)11-5-4-9(8-10(11)13)20-12(15)19;1-2/h4-5,8H,6-7,16H2,1-3H3,(H2,15,19);1-2H3/t13?,14-;/m0./s1. The first kappa shape index (κ1) is 16.6. The molecule has 6 heteroatoms. The zero-order chi connectivity index (χ0) is 16.7. The van der Waals surface area contributed by atoms with Crippen molar-refractivity contribution in [3.8, 4) is 5.75 Å². The number of likely N-dealkylation sites (tertiary alicyclic amines) is 1. The summed E-state index contributed by atoms with van der Waals surface area (Å²) in [5, 5.41) is 0. The van der Waals surface area contributed by atoms with Crippen molar-refractivity contribution in [1.82, 2.24) is 4.90 Å². The molecule has 1 fully saturated rings. The number of anilines is 1. The second kappa shape index (κ2) is 5.44. The van der Waals surface area contributed by atoms with Crippen LogP contribution in [-0.4, -0.2) is 37.4 Å². The molecule has 1 aromatic rings. The number of carbonyl (C=O) groups excluding carboxylic acids is 1. The second-order valence-corrected chi connectivity index (χ2v) is 5.89. The summed E-state index contributed by atoms with van der Waals surface area (Å²) in [4.78, 5) is 15.2. The molecule has 2 aliphatic rings. The molecule has 22 heavy (non-hydrogen) atoms. The Kier molecular flexibility index (Phi) is 4.10. The van der Waals surface area contributed by atoms with Crippen LogP contribution in [0.15, 0.2) is 18.2 Å². The van der Waals surface area contributed by atoms with Crippen molar-refractivity contribution < 1.29 is 9.53 Å². The van der Waals surface area contributed by atoms with Gasteiger partial charge in [-0.05, 0) is 37.2 Å². The first-order valence-electron chi connectivity index (χ1n) is 7.66. The van der Waals surface area contributed by atoms with Crippen LogP contribution < -0.4 is 21.1 Å². The molecule has 2 aliphatic heterocycles. The van der Waals surface area contributed by atoms with Crippen molar-refractivity contribution in [2.75, 3.05) is 25.5 Å². The maximum atomic E-state index is 10.9. The van der Waals surface area contributed by atoms with Gasteiger partial charge in [0.15, 0.2) is 5.79 Å². The van der Waals surface area contributed by atoms with Gasteiger partial charge in [0.25, 0.3) is 0 Å². The van der Waals surface area contributed by atoms with Gasteiger partial charge in [-0.1, -0.05) is 20.8 Å². The molecule has 1 aromatic carbocycles. The number of nitrogens with zero attached hydrogens (tertiary/aromatic N) is 2. The number of benzene rings is 1. The van der Waals surface area contributed by atoms with E-state index in [0.29, 0.717) is 5.75 Å². The molecule has 1 unspecified atom stereocenters. The lowest BCUT2D eigenvalue weighted by molar-refractivity contribution is 0.134. The lowest BCUT2D eigenvalue weighted by Crippen LogP contribution is -2.67. The van der Waals surface area contributed by atoms with Crippen LogP contribution in [0.4, 0.5) is 10.5 Å². The summed E-state index contributed by atoms with van der Waals surface area (Å²) in [7, 11) is 4.04. The van der Waals surface area contributed by atoms with Crippen LogP contribution >= 0.6 is 0 Å². The number of nitrogens with two attached hydrogens (primary N) is 2. The predicted octanol–water partition coefficient (Wildman–Crippen LogP) is 1.83. The summed E-state index contributed by atoms with van der Waals surface area (Å²) >= 11 is 0. The molecule has 0 bridgehead atoms. The third-order valence-corrected chi connectivity index (χ3v) is 4.99. The molecule has 0 aromatic heterocycles. The van der Waals surface area contributed by atoms with Gasteiger partial charge in [0.2, 0.25) is 0 Å². The number of amides is 1. The van der Waals surface area contributed by atoms with Gasteiger partial charge in [0.1, 0.15) is 5.75 Å². The molecular weight excluding hydrogens is 280 g/mol. The highest BCUT2D eigenvalue weighted by Gasteiger charge is 2.61. The number of hydrogen-bond donors (Lipinski definition) is 2. The molecule has 1 saturated heterocycles. The van der Waals surface area contributed by atoms with Crippen molar-refractivity contribution in [3.05, 3.63) is 23.8 Å². The van der Waals surface area contributed by atoms with Crippen molar-refractivity contribution in [2.24, 2.45) is 11.5 Å². The van der Waals surface area contributed by atoms with Crippen LogP contribution in [0.5, 0.6) is 5.75 Å². The third kappa shape index (κ3) is 1.98. The molecule has 0 spiro atoms. The van der Waals surface area contributed by atoms with E-state index in [1.165, 1.54) is 0 Å². The fraction of sp³-hybridized carbons (Fsp3) is 0.562. The number of fused-ring (bicyclic) bond motifs is 3. The minimum atomic E-state index is -0.802. The van der Waals surface area contributed by atoms with Crippen molar-refractivity contribution in [2.45, 2.75) is 38.4 Å². The summed E-state index contributed by atoms with van der Waals surface area (Å²) < 4.78 is 4.99. The number of rotatable bonds is 1. The number of hydrogen-bond acceptors (Lipinski definition) is 5. The Morgan fingerprint density at radius 2 is 1.95 bits per heavy atom. The summed E-state index contributed by atoms with van der Waals surface area (Å²) in [6.45, 7) is 7.09. The van der Waals surface area contributed by atoms with Gasteiger partial charge in [0, 0.05) is 24.7 Å². The largest absolute Gasteiger partial charge is 0.410 e. The van der Waals surface area contributed by atoms with E-state index in [2.05, 4.69) is 16.7 Å². The summed E-state index contributed by atoms with van der Waals surface area (Å²) in [5.41, 5.74) is 13.8. The molecule has 0 radical (unpaired) electrons. The Morgan fingerprint density at radius 1 is 1.32 bits per heavy atom. The fourth-order valence-corrected chi connectivity index (χ4v) is 3.74.